The van der Waals surface area contributed by atoms with Crippen molar-refractivity contribution in [3.05, 3.63) is 0 Å². The van der Waals surface area contributed by atoms with Gasteiger partial charge >= 0.3 is 0 Å². The molecule has 0 aliphatic carbocycles. The maximum atomic E-state index is 11.0. The minimum absolute atomic E-state index is 0. The quantitative estimate of drug-likeness (QED) is 0.254. The van der Waals surface area contributed by atoms with E-state index in [-0.39, 0.29) is 29.7 Å². The van der Waals surface area contributed by atoms with Gasteiger partial charge in [-0.25, -0.2) is 8.42 Å². The van der Waals surface area contributed by atoms with Crippen LogP contribution in [0.15, 0.2) is 4.99 Å². The lowest BCUT2D eigenvalue weighted by molar-refractivity contribution is 0.491. The van der Waals surface area contributed by atoms with Crippen LogP contribution in [0.1, 0.15) is 46.5 Å². The van der Waals surface area contributed by atoms with E-state index < -0.39 is 9.84 Å². The fourth-order valence-corrected chi connectivity index (χ4v) is 2.54. The van der Waals surface area contributed by atoms with Crippen molar-refractivity contribution in [1.29, 1.82) is 0 Å². The lowest BCUT2D eigenvalue weighted by Gasteiger charge is -2.18. The molecule has 0 heterocycles. The average molecular weight is 433 g/mol. The van der Waals surface area contributed by atoms with Crippen molar-refractivity contribution in [2.24, 2.45) is 10.9 Å². The number of nitrogens with one attached hydrogen (secondary N) is 2. The summed E-state index contributed by atoms with van der Waals surface area (Å²) in [7, 11) is -1.14. The van der Waals surface area contributed by atoms with Gasteiger partial charge in [0.1, 0.15) is 9.84 Å². The zero-order valence-electron chi connectivity index (χ0n) is 14.0. The topological polar surface area (TPSA) is 70.6 Å². The molecule has 0 aromatic heterocycles. The van der Waals surface area contributed by atoms with Gasteiger partial charge in [0.05, 0.1) is 5.75 Å². The Balaban J connectivity index is 0. The van der Waals surface area contributed by atoms with E-state index in [9.17, 15) is 8.42 Å². The van der Waals surface area contributed by atoms with Crippen molar-refractivity contribution in [2.75, 3.05) is 25.6 Å². The van der Waals surface area contributed by atoms with E-state index in [4.69, 9.17) is 0 Å². The Morgan fingerprint density at radius 2 is 1.76 bits per heavy atom. The minimum Gasteiger partial charge on any atom is -0.356 e. The van der Waals surface area contributed by atoms with Gasteiger partial charge in [0.25, 0.3) is 0 Å². The van der Waals surface area contributed by atoms with E-state index in [1.165, 1.54) is 19.1 Å². The number of halogens is 1. The maximum absolute atomic E-state index is 11.0. The van der Waals surface area contributed by atoms with Gasteiger partial charge in [-0.15, -0.1) is 24.0 Å². The number of nitrogens with zero attached hydrogens (tertiary/aromatic N) is 1. The lowest BCUT2D eigenvalue weighted by atomic mass is 10.0. The van der Waals surface area contributed by atoms with Crippen LogP contribution in [0.3, 0.4) is 0 Å². The molecule has 128 valence electrons. The second kappa shape index (κ2) is 12.5. The Hall–Kier alpha value is -0.0500. The monoisotopic (exact) mass is 433 g/mol. The third kappa shape index (κ3) is 16.2. The average Bonchev–Trinajstić information content (AvgIpc) is 2.31. The molecule has 0 aliphatic heterocycles. The Bertz CT molecular complexity index is 384. The van der Waals surface area contributed by atoms with Crippen LogP contribution < -0.4 is 10.6 Å². The van der Waals surface area contributed by atoms with Crippen LogP contribution in [0.25, 0.3) is 0 Å². The molecule has 1 atom stereocenters. The predicted octanol–water partition coefficient (Wildman–Crippen LogP) is 2.42. The van der Waals surface area contributed by atoms with Crippen LogP contribution in [0.2, 0.25) is 0 Å². The number of guanidine groups is 1. The fourth-order valence-electron chi connectivity index (χ4n) is 1.87. The van der Waals surface area contributed by atoms with Crippen molar-refractivity contribution < 1.29 is 8.42 Å². The fraction of sp³-hybridized carbons (Fsp3) is 0.929. The molecule has 5 nitrogen and oxygen atoms in total. The van der Waals surface area contributed by atoms with Crippen molar-refractivity contribution in [2.45, 2.75) is 52.5 Å². The highest BCUT2D eigenvalue weighted by atomic mass is 127. The molecule has 0 aromatic carbocycles. The molecule has 0 radical (unpaired) electrons. The van der Waals surface area contributed by atoms with Gasteiger partial charge in [-0.05, 0) is 25.7 Å². The first-order chi connectivity index (χ1) is 9.24. The molecule has 0 spiro atoms. The normalized spacial score (nSPS) is 13.7. The summed E-state index contributed by atoms with van der Waals surface area (Å²) < 4.78 is 22.0. The second-order valence-corrected chi connectivity index (χ2v) is 8.11. The summed E-state index contributed by atoms with van der Waals surface area (Å²) in [5.41, 5.74) is 0. The zero-order valence-corrected chi connectivity index (χ0v) is 17.1. The molecule has 7 heteroatoms. The highest BCUT2D eigenvalue weighted by Crippen LogP contribution is 2.08. The highest BCUT2D eigenvalue weighted by molar-refractivity contribution is 14.0. The molecule has 21 heavy (non-hydrogen) atoms. The highest BCUT2D eigenvalue weighted by Gasteiger charge is 2.06. The number of aliphatic imine (C=N–C) groups is 1. The largest absolute Gasteiger partial charge is 0.356 e. The third-order valence-electron chi connectivity index (χ3n) is 3.01. The molecule has 0 saturated heterocycles. The van der Waals surface area contributed by atoms with E-state index in [0.29, 0.717) is 19.0 Å². The Morgan fingerprint density at radius 1 is 1.14 bits per heavy atom. The Kier molecular flexibility index (Phi) is 13.8. The SMILES string of the molecule is CN=C(NCCCS(C)(=O)=O)NC(C)CCCC(C)C.I. The van der Waals surface area contributed by atoms with E-state index in [1.54, 1.807) is 7.05 Å². The van der Waals surface area contributed by atoms with Crippen molar-refractivity contribution in [3.63, 3.8) is 0 Å². The first kappa shape index (κ1) is 23.2. The van der Waals surface area contributed by atoms with Crippen molar-refractivity contribution in [1.82, 2.24) is 10.6 Å². The second-order valence-electron chi connectivity index (χ2n) is 5.85. The van der Waals surface area contributed by atoms with Crippen LogP contribution in [0.4, 0.5) is 0 Å². The molecule has 2 N–H and O–H groups in total. The molecule has 0 rings (SSSR count). The van der Waals surface area contributed by atoms with Gasteiger partial charge in [-0.3, -0.25) is 4.99 Å². The number of hydrogen-bond donors (Lipinski definition) is 2. The van der Waals surface area contributed by atoms with Gasteiger partial charge in [0, 0.05) is 25.9 Å². The summed E-state index contributed by atoms with van der Waals surface area (Å²) in [5, 5.41) is 6.47. The van der Waals surface area contributed by atoms with Crippen molar-refractivity contribution >= 4 is 39.8 Å². The number of sulfone groups is 1. The molecule has 0 bridgehead atoms. The summed E-state index contributed by atoms with van der Waals surface area (Å²) >= 11 is 0. The molecular weight excluding hydrogens is 401 g/mol. The smallest absolute Gasteiger partial charge is 0.191 e. The first-order valence-electron chi connectivity index (χ1n) is 7.39. The summed E-state index contributed by atoms with van der Waals surface area (Å²) in [6, 6.07) is 0.370. The molecule has 0 aromatic rings. The molecule has 0 fully saturated rings. The van der Waals surface area contributed by atoms with Crippen LogP contribution in [0.5, 0.6) is 0 Å². The standard InChI is InChI=1S/C14H31N3O2S.HI/c1-12(2)8-6-9-13(3)17-14(15-4)16-10-7-11-20(5,18)19;/h12-13H,6-11H2,1-5H3,(H2,15,16,17);1H. The summed E-state index contributed by atoms with van der Waals surface area (Å²) in [6.45, 7) is 7.23. The predicted molar refractivity (Wildman–Crippen MR) is 102 cm³/mol. The molecular formula is C14H32IN3O2S. The summed E-state index contributed by atoms with van der Waals surface area (Å²) in [6.07, 6.45) is 5.42. The summed E-state index contributed by atoms with van der Waals surface area (Å²) in [5.74, 6) is 1.70. The molecule has 1 unspecified atom stereocenters. The van der Waals surface area contributed by atoms with E-state index in [2.05, 4.69) is 36.4 Å². The van der Waals surface area contributed by atoms with Gasteiger partial charge in [0.15, 0.2) is 5.96 Å². The maximum Gasteiger partial charge on any atom is 0.191 e. The van der Waals surface area contributed by atoms with Gasteiger partial charge in [-0.2, -0.15) is 0 Å². The van der Waals surface area contributed by atoms with Gasteiger partial charge in [-0.1, -0.05) is 26.7 Å². The molecule has 0 saturated carbocycles. The Labute approximate surface area is 147 Å². The molecule has 0 aliphatic rings. The number of hydrogen-bond acceptors (Lipinski definition) is 3. The van der Waals surface area contributed by atoms with Gasteiger partial charge in [0.2, 0.25) is 0 Å². The van der Waals surface area contributed by atoms with Crippen LogP contribution in [-0.2, 0) is 9.84 Å². The lowest BCUT2D eigenvalue weighted by Crippen LogP contribution is -2.42. The first-order valence-corrected chi connectivity index (χ1v) is 9.45. The van der Waals surface area contributed by atoms with Crippen LogP contribution >= 0.6 is 24.0 Å². The zero-order chi connectivity index (χ0) is 15.6. The van der Waals surface area contributed by atoms with E-state index in [0.717, 1.165) is 18.3 Å². The summed E-state index contributed by atoms with van der Waals surface area (Å²) in [4.78, 5) is 4.15. The van der Waals surface area contributed by atoms with Crippen LogP contribution in [-0.4, -0.2) is 46.0 Å². The minimum atomic E-state index is -2.87. The van der Waals surface area contributed by atoms with Crippen LogP contribution in [0, 0.1) is 5.92 Å². The van der Waals surface area contributed by atoms with E-state index in [1.807, 2.05) is 0 Å². The number of rotatable bonds is 9. The third-order valence-corrected chi connectivity index (χ3v) is 4.04. The van der Waals surface area contributed by atoms with Gasteiger partial charge < -0.3 is 10.6 Å². The van der Waals surface area contributed by atoms with Crippen molar-refractivity contribution in [3.8, 4) is 0 Å². The van der Waals surface area contributed by atoms with E-state index >= 15 is 0 Å². The molecule has 0 amide bonds. The Morgan fingerprint density at radius 3 is 2.24 bits per heavy atom.